The number of fused-ring (bicyclic) bond motifs is 1. The van der Waals surface area contributed by atoms with Crippen molar-refractivity contribution < 1.29 is 36.9 Å². The van der Waals surface area contributed by atoms with E-state index in [1.54, 1.807) is 6.92 Å². The standard InChI is InChI=1S/C21H19F4NO4/c1-3-30-19-17(20(27)28)18(29-2)15-9-6-13(21(23,24)25)10-16(15)26(19)11-12-4-7-14(22)8-5-12/h4-10,19H,3,11H2,1-2H3,(H,27,28). The topological polar surface area (TPSA) is 59.0 Å². The number of aliphatic carboxylic acids is 1. The van der Waals surface area contributed by atoms with Gasteiger partial charge in [0.1, 0.15) is 17.1 Å². The zero-order valence-corrected chi connectivity index (χ0v) is 16.2. The average molecular weight is 425 g/mol. The number of hydrogen-bond donors (Lipinski definition) is 1. The van der Waals surface area contributed by atoms with Crippen LogP contribution in [0.3, 0.4) is 0 Å². The van der Waals surface area contributed by atoms with Crippen LogP contribution in [0.15, 0.2) is 48.0 Å². The highest BCUT2D eigenvalue weighted by molar-refractivity contribution is 6.00. The molecule has 1 aliphatic heterocycles. The van der Waals surface area contributed by atoms with Crippen molar-refractivity contribution >= 4 is 17.4 Å². The summed E-state index contributed by atoms with van der Waals surface area (Å²) in [6.45, 7) is 1.74. The van der Waals surface area contributed by atoms with Crippen LogP contribution in [-0.4, -0.2) is 31.0 Å². The summed E-state index contributed by atoms with van der Waals surface area (Å²) in [5.41, 5.74) is -0.256. The predicted molar refractivity (Wildman–Crippen MR) is 101 cm³/mol. The van der Waals surface area contributed by atoms with Crippen LogP contribution in [0.1, 0.15) is 23.6 Å². The van der Waals surface area contributed by atoms with Crippen molar-refractivity contribution in [2.24, 2.45) is 0 Å². The number of methoxy groups -OCH3 is 1. The van der Waals surface area contributed by atoms with Gasteiger partial charge in [0.2, 0.25) is 0 Å². The fourth-order valence-corrected chi connectivity index (χ4v) is 3.39. The molecular formula is C21H19F4NO4. The zero-order chi connectivity index (χ0) is 22.1. The Morgan fingerprint density at radius 2 is 1.83 bits per heavy atom. The Hall–Kier alpha value is -3.07. The number of anilines is 1. The third kappa shape index (κ3) is 4.11. The molecule has 1 atom stereocenters. The molecule has 9 heteroatoms. The molecule has 0 saturated heterocycles. The highest BCUT2D eigenvalue weighted by Crippen LogP contribution is 2.43. The van der Waals surface area contributed by atoms with Crippen LogP contribution in [-0.2, 0) is 27.0 Å². The molecule has 0 fully saturated rings. The van der Waals surface area contributed by atoms with Gasteiger partial charge >= 0.3 is 12.1 Å². The Balaban J connectivity index is 2.23. The van der Waals surface area contributed by atoms with Crippen molar-refractivity contribution in [3.05, 3.63) is 70.5 Å². The van der Waals surface area contributed by atoms with Gasteiger partial charge in [-0.1, -0.05) is 12.1 Å². The molecule has 5 nitrogen and oxygen atoms in total. The molecule has 0 saturated carbocycles. The first kappa shape index (κ1) is 21.6. The maximum atomic E-state index is 13.4. The van der Waals surface area contributed by atoms with Crippen molar-refractivity contribution in [2.45, 2.75) is 25.9 Å². The maximum absolute atomic E-state index is 13.4. The second-order valence-corrected chi connectivity index (χ2v) is 6.54. The lowest BCUT2D eigenvalue weighted by Gasteiger charge is -2.39. The zero-order valence-electron chi connectivity index (χ0n) is 16.2. The lowest BCUT2D eigenvalue weighted by molar-refractivity contribution is -0.138. The number of carboxylic acids is 1. The lowest BCUT2D eigenvalue weighted by Crippen LogP contribution is -2.44. The van der Waals surface area contributed by atoms with Crippen LogP contribution in [0.4, 0.5) is 23.2 Å². The molecular weight excluding hydrogens is 406 g/mol. The van der Waals surface area contributed by atoms with E-state index in [1.807, 2.05) is 0 Å². The average Bonchev–Trinajstić information content (AvgIpc) is 2.69. The summed E-state index contributed by atoms with van der Waals surface area (Å²) < 4.78 is 64.3. The number of rotatable bonds is 6. The van der Waals surface area contributed by atoms with E-state index in [1.165, 1.54) is 42.3 Å². The van der Waals surface area contributed by atoms with E-state index >= 15 is 0 Å². The number of hydrogen-bond acceptors (Lipinski definition) is 4. The van der Waals surface area contributed by atoms with Crippen molar-refractivity contribution in [1.29, 1.82) is 0 Å². The van der Waals surface area contributed by atoms with Crippen LogP contribution in [0.5, 0.6) is 0 Å². The van der Waals surface area contributed by atoms with Gasteiger partial charge in [0.15, 0.2) is 6.23 Å². The highest BCUT2D eigenvalue weighted by Gasteiger charge is 2.40. The number of ether oxygens (including phenoxy) is 2. The summed E-state index contributed by atoms with van der Waals surface area (Å²) in [6.07, 6.45) is -5.80. The number of carbonyl (C=O) groups is 1. The van der Waals surface area contributed by atoms with E-state index in [0.717, 1.165) is 12.1 Å². The minimum Gasteiger partial charge on any atom is -0.495 e. The molecule has 3 rings (SSSR count). The third-order valence-electron chi connectivity index (χ3n) is 4.68. The first-order valence-corrected chi connectivity index (χ1v) is 9.03. The van der Waals surface area contributed by atoms with E-state index < -0.39 is 29.8 Å². The smallest absolute Gasteiger partial charge is 0.416 e. The van der Waals surface area contributed by atoms with E-state index in [-0.39, 0.29) is 35.7 Å². The molecule has 2 aromatic carbocycles. The fraction of sp³-hybridized carbons (Fsp3) is 0.286. The van der Waals surface area contributed by atoms with E-state index in [4.69, 9.17) is 9.47 Å². The van der Waals surface area contributed by atoms with Gasteiger partial charge in [0, 0.05) is 18.7 Å². The minimum atomic E-state index is -4.60. The van der Waals surface area contributed by atoms with E-state index in [9.17, 15) is 27.5 Å². The van der Waals surface area contributed by atoms with Crippen LogP contribution < -0.4 is 4.90 Å². The van der Waals surface area contributed by atoms with Gasteiger partial charge in [-0.25, -0.2) is 9.18 Å². The van der Waals surface area contributed by atoms with Crippen LogP contribution in [0, 0.1) is 5.82 Å². The van der Waals surface area contributed by atoms with E-state index in [2.05, 4.69) is 0 Å². The predicted octanol–water partition coefficient (Wildman–Crippen LogP) is 4.67. The van der Waals surface area contributed by atoms with Crippen molar-refractivity contribution in [2.75, 3.05) is 18.6 Å². The molecule has 160 valence electrons. The van der Waals surface area contributed by atoms with Crippen LogP contribution >= 0.6 is 0 Å². The van der Waals surface area contributed by atoms with Gasteiger partial charge in [0.25, 0.3) is 0 Å². The number of alkyl halides is 3. The normalized spacial score (nSPS) is 16.5. The molecule has 0 bridgehead atoms. The Morgan fingerprint density at radius 1 is 1.17 bits per heavy atom. The van der Waals surface area contributed by atoms with Crippen molar-refractivity contribution in [3.63, 3.8) is 0 Å². The quantitative estimate of drug-likeness (QED) is 0.682. The molecule has 0 aromatic heterocycles. The van der Waals surface area contributed by atoms with Gasteiger partial charge in [-0.2, -0.15) is 13.2 Å². The van der Waals surface area contributed by atoms with Crippen molar-refractivity contribution in [3.8, 4) is 0 Å². The minimum absolute atomic E-state index is 0.00691. The number of carboxylic acid groups (broad SMARTS) is 1. The Labute approximate surface area is 170 Å². The molecule has 30 heavy (non-hydrogen) atoms. The largest absolute Gasteiger partial charge is 0.495 e. The second kappa shape index (κ2) is 8.35. The molecule has 0 spiro atoms. The molecule has 0 radical (unpaired) electrons. The second-order valence-electron chi connectivity index (χ2n) is 6.54. The number of halogens is 4. The van der Waals surface area contributed by atoms with Gasteiger partial charge in [-0.15, -0.1) is 0 Å². The van der Waals surface area contributed by atoms with Gasteiger partial charge in [0.05, 0.1) is 18.4 Å². The summed E-state index contributed by atoms with van der Waals surface area (Å²) in [5, 5.41) is 9.79. The Morgan fingerprint density at radius 3 is 2.37 bits per heavy atom. The SMILES string of the molecule is CCOC1C(C(=O)O)=C(OC)c2ccc(C(F)(F)F)cc2N1Cc1ccc(F)cc1. The summed E-state index contributed by atoms with van der Waals surface area (Å²) in [6, 6.07) is 8.37. The lowest BCUT2D eigenvalue weighted by atomic mass is 9.96. The van der Waals surface area contributed by atoms with Crippen LogP contribution in [0.25, 0.3) is 5.76 Å². The van der Waals surface area contributed by atoms with Gasteiger partial charge < -0.3 is 19.5 Å². The molecule has 1 unspecified atom stereocenters. The van der Waals surface area contributed by atoms with Gasteiger partial charge in [-0.05, 0) is 42.8 Å². The molecule has 2 aromatic rings. The van der Waals surface area contributed by atoms with Crippen molar-refractivity contribution in [1.82, 2.24) is 0 Å². The van der Waals surface area contributed by atoms with E-state index in [0.29, 0.717) is 5.56 Å². The van der Waals surface area contributed by atoms with Crippen LogP contribution in [0.2, 0.25) is 0 Å². The molecule has 0 amide bonds. The fourth-order valence-electron chi connectivity index (χ4n) is 3.39. The monoisotopic (exact) mass is 425 g/mol. The Bertz CT molecular complexity index is 970. The number of benzene rings is 2. The first-order valence-electron chi connectivity index (χ1n) is 9.03. The first-order chi connectivity index (χ1) is 14.2. The molecule has 1 N–H and O–H groups in total. The third-order valence-corrected chi connectivity index (χ3v) is 4.68. The summed E-state index contributed by atoms with van der Waals surface area (Å²) in [4.78, 5) is 13.4. The highest BCUT2D eigenvalue weighted by atomic mass is 19.4. The summed E-state index contributed by atoms with van der Waals surface area (Å²) in [7, 11) is 1.25. The number of nitrogens with zero attached hydrogens (tertiary/aromatic N) is 1. The van der Waals surface area contributed by atoms with Gasteiger partial charge in [-0.3, -0.25) is 0 Å². The Kier molecular flexibility index (Phi) is 6.02. The summed E-state index contributed by atoms with van der Waals surface area (Å²) in [5.74, 6) is -1.86. The molecule has 1 heterocycles. The molecule has 0 aliphatic carbocycles. The molecule has 1 aliphatic rings. The summed E-state index contributed by atoms with van der Waals surface area (Å²) >= 11 is 0. The maximum Gasteiger partial charge on any atom is 0.416 e.